The molecule has 232 valence electrons. The predicted octanol–water partition coefficient (Wildman–Crippen LogP) is 5.06. The molecule has 0 aromatic carbocycles. The van der Waals surface area contributed by atoms with Crippen molar-refractivity contribution in [1.82, 2.24) is 0 Å². The maximum absolute atomic E-state index is 4.95. The molecule has 0 aromatic rings. The van der Waals surface area contributed by atoms with Gasteiger partial charge in [0.1, 0.15) is 0 Å². The lowest BCUT2D eigenvalue weighted by molar-refractivity contribution is 1.48. The van der Waals surface area contributed by atoms with Gasteiger partial charge < -0.3 is 0 Å². The van der Waals surface area contributed by atoms with Crippen LogP contribution in [0, 0.1) is 178 Å². The van der Waals surface area contributed by atoms with Crippen LogP contribution in [-0.4, -0.2) is 0 Å². The van der Waals surface area contributed by atoms with Gasteiger partial charge in [0.2, 0.25) is 0 Å². The Morgan fingerprint density at radius 2 is 0.518 bits per heavy atom. The number of hydrogen-bond donors (Lipinski definition) is 0. The zero-order valence-corrected chi connectivity index (χ0v) is 29.0. The van der Waals surface area contributed by atoms with Crippen molar-refractivity contribution in [2.45, 2.75) is 6.92 Å². The van der Waals surface area contributed by atoms with Gasteiger partial charge in [0.25, 0.3) is 0 Å². The first kappa shape index (κ1) is 44.3. The molecule has 0 bridgehead atoms. The molecule has 0 saturated carbocycles. The summed E-state index contributed by atoms with van der Waals surface area (Å²) in [7, 11) is 0. The van der Waals surface area contributed by atoms with Crippen LogP contribution in [0.3, 0.4) is 0 Å². The second-order valence-electron chi connectivity index (χ2n) is 7.37. The van der Waals surface area contributed by atoms with Crippen molar-refractivity contribution < 1.29 is 0 Å². The molecule has 0 saturated heterocycles. The van der Waals surface area contributed by atoms with Crippen LogP contribution in [-0.2, 0) is 0 Å². The van der Waals surface area contributed by atoms with Crippen LogP contribution in [0.15, 0.2) is 145 Å². The number of rotatable bonds is 1. The highest BCUT2D eigenvalue weighted by molar-refractivity contribution is 5.50. The van der Waals surface area contributed by atoms with Crippen molar-refractivity contribution in [3.05, 3.63) is 145 Å². The van der Waals surface area contributed by atoms with Crippen molar-refractivity contribution in [3.8, 4) is 178 Å². The Morgan fingerprint density at radius 1 is 0.286 bits per heavy atom. The summed E-state index contributed by atoms with van der Waals surface area (Å²) in [6.07, 6.45) is 4.95. The van der Waals surface area contributed by atoms with E-state index in [-0.39, 0.29) is 0 Å². The summed E-state index contributed by atoms with van der Waals surface area (Å²) < 4.78 is 0. The number of hydrogen-bond acceptors (Lipinski definition) is 0. The monoisotopic (exact) mass is 680 g/mol. The van der Waals surface area contributed by atoms with Crippen molar-refractivity contribution in [3.63, 3.8) is 0 Å². The number of terminal acetylenes is 1. The largest absolute Gasteiger partial charge is 0.106 e. The molecule has 56 heavy (non-hydrogen) atoms. The van der Waals surface area contributed by atoms with E-state index in [9.17, 15) is 0 Å². The highest BCUT2D eigenvalue weighted by atomic mass is 13.9. The van der Waals surface area contributed by atoms with Gasteiger partial charge in [-0.05, 0) is 224 Å². The molecule has 0 aliphatic heterocycles. The smallest absolute Gasteiger partial charge is 0.0877 e. The Hall–Kier alpha value is -11.7. The van der Waals surface area contributed by atoms with E-state index in [1.807, 2.05) is 0 Å². The third-order valence-corrected chi connectivity index (χ3v) is 3.81. The van der Waals surface area contributed by atoms with Crippen LogP contribution in [0.1, 0.15) is 6.92 Å². The fourth-order valence-corrected chi connectivity index (χ4v) is 1.91. The molecular weight excluding hydrogens is 673 g/mol. The van der Waals surface area contributed by atoms with Crippen molar-refractivity contribution in [1.29, 1.82) is 0 Å². The molecule has 0 nitrogen and oxygen atoms in total. The Labute approximate surface area is 328 Å². The minimum absolute atomic E-state index is 0.370. The average Bonchev–Trinajstić information content (AvgIpc) is 3.21. The molecule has 0 aliphatic rings. The van der Waals surface area contributed by atoms with Gasteiger partial charge in [0, 0.05) is 76.6 Å². The van der Waals surface area contributed by atoms with Crippen LogP contribution in [0.2, 0.25) is 0 Å². The fraction of sp³-hybridized carbons (Fsp3) is 0.0179. The quantitative estimate of drug-likeness (QED) is 0.207. The van der Waals surface area contributed by atoms with E-state index in [2.05, 4.69) is 305 Å². The minimum Gasteiger partial charge on any atom is -0.106 e. The summed E-state index contributed by atoms with van der Waals surface area (Å²) in [4.78, 5) is 0. The zero-order valence-electron chi connectivity index (χ0n) is 29.0. The standard InChI is InChI=1S/C56H8/c1-5-8-11-14-17-19-21-23-24-25-26-27-28-29-30-31-32-33-34-35-36-37-38-40-42-45-48-51-54-56(55(4)52-49-46-43-16-13-10-7-3)53-50-47-44-41-39-22-20-18-15-12-9-6-2/h1H,2-3H2,4H3. The van der Waals surface area contributed by atoms with E-state index in [1.165, 1.54) is 0 Å². The molecular formula is C56H8. The first-order valence-corrected chi connectivity index (χ1v) is 14.2. The molecule has 0 amide bonds. The van der Waals surface area contributed by atoms with Gasteiger partial charge >= 0.3 is 0 Å². The van der Waals surface area contributed by atoms with E-state index in [0.29, 0.717) is 11.1 Å². The summed E-state index contributed by atoms with van der Waals surface area (Å²) in [5.74, 6) is 72.5. The van der Waals surface area contributed by atoms with E-state index < -0.39 is 0 Å². The van der Waals surface area contributed by atoms with Crippen LogP contribution in [0.5, 0.6) is 0 Å². The van der Waals surface area contributed by atoms with Crippen LogP contribution in [0.4, 0.5) is 0 Å². The maximum atomic E-state index is 4.95. The molecule has 0 aliphatic carbocycles. The van der Waals surface area contributed by atoms with Gasteiger partial charge in [-0.25, -0.2) is 0 Å². The molecule has 0 unspecified atom stereocenters. The molecule has 0 heterocycles. The highest BCUT2D eigenvalue weighted by Gasteiger charge is 1.92. The lowest BCUT2D eigenvalue weighted by Crippen LogP contribution is -1.76. The predicted molar refractivity (Wildman–Crippen MR) is 215 cm³/mol. The van der Waals surface area contributed by atoms with Gasteiger partial charge in [-0.1, -0.05) is 17.2 Å². The van der Waals surface area contributed by atoms with Gasteiger partial charge in [0.05, 0.1) is 5.57 Å². The molecule has 0 spiro atoms. The molecule has 0 rings (SSSR count). The topological polar surface area (TPSA) is 0 Å². The summed E-state index contributed by atoms with van der Waals surface area (Å²) in [6, 6.07) is 0. The van der Waals surface area contributed by atoms with Crippen molar-refractivity contribution in [2.24, 2.45) is 0 Å². The first-order valence-electron chi connectivity index (χ1n) is 14.2. The minimum atomic E-state index is 0.370. The van der Waals surface area contributed by atoms with E-state index in [4.69, 9.17) is 6.42 Å². The van der Waals surface area contributed by atoms with E-state index >= 15 is 0 Å². The average molecular weight is 681 g/mol. The molecule has 0 aromatic heterocycles. The van der Waals surface area contributed by atoms with Gasteiger partial charge in [-0.2, -0.15) is 0 Å². The summed E-state index contributed by atoms with van der Waals surface area (Å²) in [5, 5.41) is 0. The van der Waals surface area contributed by atoms with E-state index in [0.717, 1.165) is 0 Å². The lowest BCUT2D eigenvalue weighted by atomic mass is 10.1. The lowest BCUT2D eigenvalue weighted by Gasteiger charge is -1.87. The van der Waals surface area contributed by atoms with Crippen LogP contribution >= 0.6 is 0 Å². The molecule has 0 atom stereocenters. The second kappa shape index (κ2) is 39.4. The van der Waals surface area contributed by atoms with Crippen LogP contribution in [0.25, 0.3) is 0 Å². The number of allylic oxidation sites excluding steroid dienone is 2. The second-order valence-corrected chi connectivity index (χ2v) is 7.37. The third-order valence-electron chi connectivity index (χ3n) is 3.81. The van der Waals surface area contributed by atoms with E-state index in [1.54, 1.807) is 6.92 Å². The Balaban J connectivity index is 5.88. The Morgan fingerprint density at radius 3 is 0.804 bits per heavy atom. The Kier molecular flexibility index (Phi) is 31.2. The summed E-state index contributed by atoms with van der Waals surface area (Å²) in [6.45, 7) is 8.41. The first-order chi connectivity index (χ1) is 27.8. The molecule has 0 fully saturated rings. The normalized spacial score (nSPS) is 4.36. The molecule has 0 heteroatoms. The highest BCUT2D eigenvalue weighted by Crippen LogP contribution is 2.03. The van der Waals surface area contributed by atoms with Gasteiger partial charge in [0.15, 0.2) is 0 Å². The zero-order chi connectivity index (χ0) is 40.5. The Bertz CT molecular complexity index is 3580. The SMILES string of the molecule is C#CC#CC#CC#CC#CC#CC#CC#CC#CC#CC#CC#CC#CC#CC#CC(=C=C=C=C=C=C=C=C=C=C=C=C=C=C)C(C)=C=C=C=C=C=C=C=C=C. The van der Waals surface area contributed by atoms with Crippen LogP contribution < -0.4 is 0 Å². The maximum Gasteiger partial charge on any atom is 0.0877 e. The van der Waals surface area contributed by atoms with Gasteiger partial charge in [-0.3, -0.25) is 0 Å². The third kappa shape index (κ3) is 35.1. The summed E-state index contributed by atoms with van der Waals surface area (Å²) in [5.41, 5.74) is 54.5. The van der Waals surface area contributed by atoms with Gasteiger partial charge in [-0.15, -0.1) is 6.42 Å². The van der Waals surface area contributed by atoms with Crippen molar-refractivity contribution in [2.75, 3.05) is 0 Å². The molecule has 0 radical (unpaired) electrons. The summed E-state index contributed by atoms with van der Waals surface area (Å²) >= 11 is 0. The molecule has 0 N–H and O–H groups in total. The van der Waals surface area contributed by atoms with Crippen molar-refractivity contribution >= 4 is 0 Å². The fourth-order valence-electron chi connectivity index (χ4n) is 1.91.